The van der Waals surface area contributed by atoms with Crippen molar-refractivity contribution in [2.24, 2.45) is 0 Å². The van der Waals surface area contributed by atoms with Gasteiger partial charge >= 0.3 is 0 Å². The van der Waals surface area contributed by atoms with Gasteiger partial charge in [0.05, 0.1) is 0 Å². The van der Waals surface area contributed by atoms with E-state index in [2.05, 4.69) is 30.4 Å². The molecular formula is C20H19NO. The van der Waals surface area contributed by atoms with Gasteiger partial charge in [-0.1, -0.05) is 84.4 Å². The third-order valence-electron chi connectivity index (χ3n) is 3.15. The summed E-state index contributed by atoms with van der Waals surface area (Å²) in [5.41, 5.74) is 4.04. The minimum absolute atomic E-state index is 0.693. The number of nitrogens with one attached hydrogen (secondary N) is 1. The molecule has 0 radical (unpaired) electrons. The van der Waals surface area contributed by atoms with Crippen LogP contribution in [0.2, 0.25) is 0 Å². The minimum Gasteiger partial charge on any atom is -0.328 e. The summed E-state index contributed by atoms with van der Waals surface area (Å²) < 4.78 is 0. The fourth-order valence-electron chi connectivity index (χ4n) is 1.98. The normalized spacial score (nSPS) is 10.0. The number of aryl methyl sites for hydroxylation is 1. The number of carbonyl (C=O) groups excluding carboxylic acids is 1. The van der Waals surface area contributed by atoms with Gasteiger partial charge in [0.1, 0.15) is 0 Å². The van der Waals surface area contributed by atoms with Crippen molar-refractivity contribution in [3.63, 3.8) is 0 Å². The first-order chi connectivity index (χ1) is 10.8. The van der Waals surface area contributed by atoms with Crippen molar-refractivity contribution in [3.05, 3.63) is 89.5 Å². The highest BCUT2D eigenvalue weighted by molar-refractivity contribution is 5.82. The molecule has 2 rings (SSSR count). The molecule has 0 aromatic heterocycles. The maximum absolute atomic E-state index is 10.6. The summed E-state index contributed by atoms with van der Waals surface area (Å²) in [7, 11) is 0. The summed E-state index contributed by atoms with van der Waals surface area (Å²) >= 11 is 0. The number of hydrogen-bond donors (Lipinski definition) is 1. The molecule has 0 aliphatic heterocycles. The summed E-state index contributed by atoms with van der Waals surface area (Å²) in [6.07, 6.45) is 4.72. The number of amides is 1. The van der Waals surface area contributed by atoms with Gasteiger partial charge in [-0.2, -0.15) is 0 Å². The van der Waals surface area contributed by atoms with Crippen LogP contribution in [0.1, 0.15) is 16.7 Å². The second kappa shape index (κ2) is 8.42. The zero-order chi connectivity index (χ0) is 15.6. The fourth-order valence-corrected chi connectivity index (χ4v) is 1.98. The van der Waals surface area contributed by atoms with E-state index in [1.165, 1.54) is 5.56 Å². The fraction of sp³-hybridized carbons (Fsp3) is 0.0500. The summed E-state index contributed by atoms with van der Waals surface area (Å²) in [5, 5.41) is 2.71. The molecule has 0 fully saturated rings. The predicted molar refractivity (Wildman–Crippen MR) is 93.9 cm³/mol. The summed E-state index contributed by atoms with van der Waals surface area (Å²) in [6.45, 7) is 2.07. The lowest BCUT2D eigenvalue weighted by Gasteiger charge is -2.02. The molecule has 2 heteroatoms. The first kappa shape index (κ1) is 15.5. The van der Waals surface area contributed by atoms with Gasteiger partial charge in [0.2, 0.25) is 6.41 Å². The highest BCUT2D eigenvalue weighted by atomic mass is 16.1. The van der Waals surface area contributed by atoms with E-state index in [9.17, 15) is 4.79 Å². The number of para-hydroxylation sites is 1. The Hall–Kier alpha value is -2.87. The van der Waals surface area contributed by atoms with E-state index in [4.69, 9.17) is 0 Å². The first-order valence-electron chi connectivity index (χ1n) is 7.17. The Morgan fingerprint density at radius 3 is 2.32 bits per heavy atom. The Morgan fingerprint density at radius 2 is 1.50 bits per heavy atom. The summed E-state index contributed by atoms with van der Waals surface area (Å²) in [4.78, 5) is 10.6. The molecule has 22 heavy (non-hydrogen) atoms. The van der Waals surface area contributed by atoms with Crippen LogP contribution in [-0.4, -0.2) is 6.41 Å². The number of rotatable bonds is 4. The van der Waals surface area contributed by atoms with Crippen molar-refractivity contribution in [1.82, 2.24) is 0 Å². The van der Waals surface area contributed by atoms with E-state index in [0.29, 0.717) is 6.41 Å². The second-order valence-corrected chi connectivity index (χ2v) is 4.86. The zero-order valence-corrected chi connectivity index (χ0v) is 12.6. The van der Waals surface area contributed by atoms with Gasteiger partial charge in [0.25, 0.3) is 0 Å². The van der Waals surface area contributed by atoms with Gasteiger partial charge in [-0.05, 0) is 24.1 Å². The average molecular weight is 289 g/mol. The Bertz CT molecular complexity index is 718. The molecule has 110 valence electrons. The van der Waals surface area contributed by atoms with Crippen molar-refractivity contribution in [2.75, 3.05) is 5.32 Å². The molecule has 2 aromatic carbocycles. The molecule has 1 N–H and O–H groups in total. The molecule has 0 heterocycles. The number of carbonyl (C=O) groups is 1. The number of hydrogen-bond acceptors (Lipinski definition) is 1. The molecular weight excluding hydrogens is 270 g/mol. The van der Waals surface area contributed by atoms with Crippen molar-refractivity contribution in [2.45, 2.75) is 6.92 Å². The van der Waals surface area contributed by atoms with Crippen LogP contribution in [-0.2, 0) is 4.79 Å². The maximum atomic E-state index is 10.6. The Morgan fingerprint density at radius 1 is 0.773 bits per heavy atom. The lowest BCUT2D eigenvalue weighted by atomic mass is 10.1. The SMILES string of the molecule is Cc1ccccccc(/C=C\c2ccccc2NC=O)cc1. The molecule has 0 aliphatic rings. The quantitative estimate of drug-likeness (QED) is 0.800. The van der Waals surface area contributed by atoms with Gasteiger partial charge in [-0.3, -0.25) is 4.79 Å². The highest BCUT2D eigenvalue weighted by Crippen LogP contribution is 2.17. The van der Waals surface area contributed by atoms with Gasteiger partial charge in [-0.25, -0.2) is 0 Å². The zero-order valence-electron chi connectivity index (χ0n) is 12.6. The Kier molecular flexibility index (Phi) is 5.94. The van der Waals surface area contributed by atoms with Crippen LogP contribution in [0.25, 0.3) is 12.2 Å². The Balaban J connectivity index is 2.36. The van der Waals surface area contributed by atoms with Crippen LogP contribution in [0.4, 0.5) is 5.69 Å². The average Bonchev–Trinajstić information content (AvgIpc) is 2.54. The van der Waals surface area contributed by atoms with Crippen LogP contribution >= 0.6 is 0 Å². The lowest BCUT2D eigenvalue weighted by molar-refractivity contribution is -0.105. The van der Waals surface area contributed by atoms with Crippen LogP contribution in [0.3, 0.4) is 0 Å². The van der Waals surface area contributed by atoms with E-state index in [1.54, 1.807) is 0 Å². The van der Waals surface area contributed by atoms with Gasteiger partial charge in [0, 0.05) is 5.69 Å². The smallest absolute Gasteiger partial charge is 0.211 e. The van der Waals surface area contributed by atoms with E-state index in [-0.39, 0.29) is 0 Å². The molecule has 0 saturated heterocycles. The van der Waals surface area contributed by atoms with Crippen molar-refractivity contribution in [1.29, 1.82) is 0 Å². The molecule has 2 aromatic rings. The van der Waals surface area contributed by atoms with E-state index >= 15 is 0 Å². The Labute approximate surface area is 131 Å². The molecule has 0 aliphatic carbocycles. The molecule has 0 spiro atoms. The third-order valence-corrected chi connectivity index (χ3v) is 3.15. The molecule has 2 nitrogen and oxygen atoms in total. The molecule has 0 unspecified atom stereocenters. The molecule has 0 atom stereocenters. The summed E-state index contributed by atoms with van der Waals surface area (Å²) in [5.74, 6) is 0. The second-order valence-electron chi connectivity index (χ2n) is 4.86. The first-order valence-corrected chi connectivity index (χ1v) is 7.17. The number of benzene rings is 1. The van der Waals surface area contributed by atoms with E-state index in [0.717, 1.165) is 16.8 Å². The van der Waals surface area contributed by atoms with E-state index in [1.807, 2.05) is 66.7 Å². The van der Waals surface area contributed by atoms with E-state index < -0.39 is 0 Å². The van der Waals surface area contributed by atoms with Crippen LogP contribution < -0.4 is 5.32 Å². The third kappa shape index (κ3) is 4.91. The van der Waals surface area contributed by atoms with Gasteiger partial charge in [-0.15, -0.1) is 0 Å². The highest BCUT2D eigenvalue weighted by Gasteiger charge is 1.95. The molecule has 0 saturated carbocycles. The monoisotopic (exact) mass is 289 g/mol. The molecule has 1 amide bonds. The van der Waals surface area contributed by atoms with Gasteiger partial charge in [0.15, 0.2) is 0 Å². The van der Waals surface area contributed by atoms with Crippen molar-refractivity contribution < 1.29 is 4.79 Å². The van der Waals surface area contributed by atoms with Crippen LogP contribution in [0, 0.1) is 6.92 Å². The lowest BCUT2D eigenvalue weighted by Crippen LogP contribution is -1.95. The summed E-state index contributed by atoms with van der Waals surface area (Å²) in [6, 6.07) is 24.0. The standard InChI is InChI=1S/C20H19NO/c1-17-8-4-2-3-5-9-18(13-12-17)14-15-19-10-6-7-11-20(19)21-16-22/h2-16H,1H3,(H,21,22)/b3-2?,4-2?,5-3?,8-4?,9-5?,13-12?,15-14-,17-8?,17-12?,18-9?,18-13?. The maximum Gasteiger partial charge on any atom is 0.211 e. The van der Waals surface area contributed by atoms with Crippen molar-refractivity contribution in [3.8, 4) is 0 Å². The topological polar surface area (TPSA) is 29.1 Å². The van der Waals surface area contributed by atoms with Crippen LogP contribution in [0.5, 0.6) is 0 Å². The van der Waals surface area contributed by atoms with Crippen LogP contribution in [0.15, 0.2) is 72.8 Å². The minimum atomic E-state index is 0.693. The number of anilines is 1. The van der Waals surface area contributed by atoms with Crippen molar-refractivity contribution >= 4 is 24.2 Å². The largest absolute Gasteiger partial charge is 0.328 e. The molecule has 0 bridgehead atoms. The predicted octanol–water partition coefficient (Wildman–Crippen LogP) is 4.86. The van der Waals surface area contributed by atoms with Gasteiger partial charge < -0.3 is 5.32 Å².